The van der Waals surface area contributed by atoms with Gasteiger partial charge in [0.1, 0.15) is 5.69 Å². The first kappa shape index (κ1) is 9.73. The molecule has 1 aromatic heterocycles. The quantitative estimate of drug-likeness (QED) is 0.601. The van der Waals surface area contributed by atoms with E-state index in [-0.39, 0.29) is 5.78 Å². The number of nitrogens with two attached hydrogens (primary N) is 1. The molecule has 0 aliphatic heterocycles. The van der Waals surface area contributed by atoms with Crippen LogP contribution in [-0.2, 0) is 0 Å². The van der Waals surface area contributed by atoms with Crippen LogP contribution in [0.25, 0.3) is 0 Å². The van der Waals surface area contributed by atoms with Gasteiger partial charge in [-0.2, -0.15) is 5.10 Å². The summed E-state index contributed by atoms with van der Waals surface area (Å²) in [6.45, 7) is 0. The number of ketones is 1. The van der Waals surface area contributed by atoms with Crippen LogP contribution in [0.15, 0.2) is 30.5 Å². The molecule has 0 saturated carbocycles. The lowest BCUT2D eigenvalue weighted by Gasteiger charge is -2.02. The van der Waals surface area contributed by atoms with E-state index in [1.807, 2.05) is 0 Å². The molecule has 76 valence electrons. The van der Waals surface area contributed by atoms with Gasteiger partial charge in [0.15, 0.2) is 0 Å². The molecule has 2 aromatic rings. The van der Waals surface area contributed by atoms with Crippen molar-refractivity contribution < 1.29 is 4.79 Å². The van der Waals surface area contributed by atoms with Gasteiger partial charge in [0.25, 0.3) is 0 Å². The van der Waals surface area contributed by atoms with Crippen molar-refractivity contribution in [2.24, 2.45) is 0 Å². The van der Waals surface area contributed by atoms with Gasteiger partial charge >= 0.3 is 0 Å². The predicted molar refractivity (Wildman–Crippen MR) is 57.9 cm³/mol. The van der Waals surface area contributed by atoms with Crippen molar-refractivity contribution >= 4 is 23.1 Å². The average molecular weight is 222 g/mol. The summed E-state index contributed by atoms with van der Waals surface area (Å²) in [5, 5.41) is 6.80. The first-order chi connectivity index (χ1) is 7.18. The topological polar surface area (TPSA) is 71.8 Å². The normalized spacial score (nSPS) is 10.2. The lowest BCUT2D eigenvalue weighted by Crippen LogP contribution is -2.05. The maximum absolute atomic E-state index is 11.8. The Kier molecular flexibility index (Phi) is 2.43. The number of aromatic nitrogens is 2. The van der Waals surface area contributed by atoms with Crippen LogP contribution in [0.5, 0.6) is 0 Å². The number of carbonyl (C=O) groups is 1. The van der Waals surface area contributed by atoms with Gasteiger partial charge in [-0.05, 0) is 24.3 Å². The lowest BCUT2D eigenvalue weighted by molar-refractivity contribution is 0.103. The van der Waals surface area contributed by atoms with E-state index in [9.17, 15) is 4.79 Å². The molecule has 2 rings (SSSR count). The molecule has 0 bridgehead atoms. The SMILES string of the molecule is Nc1cc(Cl)ccc1C(=O)c1ccn[nH]1. The Morgan fingerprint density at radius 2 is 2.20 bits per heavy atom. The average Bonchev–Trinajstić information content (AvgIpc) is 2.69. The van der Waals surface area contributed by atoms with Crippen LogP contribution >= 0.6 is 11.6 Å². The second kappa shape index (κ2) is 3.74. The molecule has 15 heavy (non-hydrogen) atoms. The Morgan fingerprint density at radius 3 is 2.80 bits per heavy atom. The van der Waals surface area contributed by atoms with Crippen molar-refractivity contribution in [1.29, 1.82) is 0 Å². The molecule has 0 fully saturated rings. The number of rotatable bonds is 2. The van der Waals surface area contributed by atoms with Crippen LogP contribution < -0.4 is 5.73 Å². The molecule has 1 aromatic carbocycles. The number of nitrogens with one attached hydrogen (secondary N) is 1. The number of aromatic amines is 1. The minimum absolute atomic E-state index is 0.193. The number of nitrogen functional groups attached to an aromatic ring is 1. The molecule has 0 atom stereocenters. The van der Waals surface area contributed by atoms with Crippen molar-refractivity contribution in [3.63, 3.8) is 0 Å². The summed E-state index contributed by atoms with van der Waals surface area (Å²) in [4.78, 5) is 11.8. The van der Waals surface area contributed by atoms with Crippen LogP contribution in [0.3, 0.4) is 0 Å². The van der Waals surface area contributed by atoms with E-state index in [4.69, 9.17) is 17.3 Å². The monoisotopic (exact) mass is 221 g/mol. The Morgan fingerprint density at radius 1 is 1.40 bits per heavy atom. The molecule has 5 heteroatoms. The lowest BCUT2D eigenvalue weighted by atomic mass is 10.1. The van der Waals surface area contributed by atoms with Gasteiger partial charge in [0.05, 0.1) is 0 Å². The van der Waals surface area contributed by atoms with E-state index in [0.29, 0.717) is 22.0 Å². The summed E-state index contributed by atoms with van der Waals surface area (Å²) in [6.07, 6.45) is 1.51. The maximum Gasteiger partial charge on any atom is 0.212 e. The van der Waals surface area contributed by atoms with E-state index in [0.717, 1.165) is 0 Å². The first-order valence-electron chi connectivity index (χ1n) is 4.27. The van der Waals surface area contributed by atoms with Gasteiger partial charge in [-0.15, -0.1) is 0 Å². The van der Waals surface area contributed by atoms with Crippen molar-refractivity contribution in [1.82, 2.24) is 10.2 Å². The molecule has 0 spiro atoms. The van der Waals surface area contributed by atoms with Crippen LogP contribution in [-0.4, -0.2) is 16.0 Å². The van der Waals surface area contributed by atoms with Gasteiger partial charge in [-0.3, -0.25) is 9.89 Å². The molecule has 1 heterocycles. The highest BCUT2D eigenvalue weighted by Crippen LogP contribution is 2.20. The number of hydrogen-bond donors (Lipinski definition) is 2. The van der Waals surface area contributed by atoms with Gasteiger partial charge in [-0.25, -0.2) is 0 Å². The number of nitrogens with zero attached hydrogens (tertiary/aromatic N) is 1. The summed E-state index contributed by atoms with van der Waals surface area (Å²) in [5.74, 6) is -0.193. The Hall–Kier alpha value is -1.81. The molecular weight excluding hydrogens is 214 g/mol. The number of carbonyl (C=O) groups excluding carboxylic acids is 1. The van der Waals surface area contributed by atoms with Crippen molar-refractivity contribution in [3.05, 3.63) is 46.7 Å². The van der Waals surface area contributed by atoms with Gasteiger partial charge in [-0.1, -0.05) is 11.6 Å². The summed E-state index contributed by atoms with van der Waals surface area (Å²) in [5.41, 5.74) is 6.88. The second-order valence-corrected chi connectivity index (χ2v) is 3.47. The highest BCUT2D eigenvalue weighted by Gasteiger charge is 2.13. The molecular formula is C10H8ClN3O. The van der Waals surface area contributed by atoms with Crippen LogP contribution in [0, 0.1) is 0 Å². The number of benzene rings is 1. The second-order valence-electron chi connectivity index (χ2n) is 3.03. The van der Waals surface area contributed by atoms with E-state index in [1.165, 1.54) is 6.20 Å². The summed E-state index contributed by atoms with van der Waals surface area (Å²) in [6, 6.07) is 6.36. The fourth-order valence-corrected chi connectivity index (χ4v) is 1.45. The summed E-state index contributed by atoms with van der Waals surface area (Å²) >= 11 is 5.74. The Bertz CT molecular complexity index is 493. The number of halogens is 1. The molecule has 0 aliphatic carbocycles. The third kappa shape index (κ3) is 1.85. The van der Waals surface area contributed by atoms with E-state index >= 15 is 0 Å². The van der Waals surface area contributed by atoms with Crippen molar-refractivity contribution in [2.75, 3.05) is 5.73 Å². The minimum atomic E-state index is -0.193. The zero-order chi connectivity index (χ0) is 10.8. The fourth-order valence-electron chi connectivity index (χ4n) is 1.27. The van der Waals surface area contributed by atoms with Crippen LogP contribution in [0.2, 0.25) is 5.02 Å². The zero-order valence-electron chi connectivity index (χ0n) is 7.70. The predicted octanol–water partition coefficient (Wildman–Crippen LogP) is 1.88. The molecule has 3 N–H and O–H groups in total. The van der Waals surface area contributed by atoms with E-state index < -0.39 is 0 Å². The maximum atomic E-state index is 11.8. The van der Waals surface area contributed by atoms with Crippen molar-refractivity contribution in [3.8, 4) is 0 Å². The summed E-state index contributed by atoms with van der Waals surface area (Å²) < 4.78 is 0. The van der Waals surface area contributed by atoms with Gasteiger partial charge in [0, 0.05) is 22.5 Å². The molecule has 0 saturated heterocycles. The van der Waals surface area contributed by atoms with Crippen LogP contribution in [0.1, 0.15) is 16.1 Å². The number of H-pyrrole nitrogens is 1. The first-order valence-corrected chi connectivity index (χ1v) is 4.65. The molecule has 0 unspecified atom stereocenters. The third-order valence-corrected chi connectivity index (χ3v) is 2.24. The number of anilines is 1. The standard InChI is InChI=1S/C10H8ClN3O/c11-6-1-2-7(8(12)5-6)10(15)9-3-4-13-14-9/h1-5H,12H2,(H,13,14). The Balaban J connectivity index is 2.42. The fraction of sp³-hybridized carbons (Fsp3) is 0. The van der Waals surface area contributed by atoms with Gasteiger partial charge < -0.3 is 5.73 Å². The largest absolute Gasteiger partial charge is 0.398 e. The highest BCUT2D eigenvalue weighted by atomic mass is 35.5. The molecule has 0 amide bonds. The molecule has 4 nitrogen and oxygen atoms in total. The Labute approximate surface area is 91.1 Å². The highest BCUT2D eigenvalue weighted by molar-refractivity contribution is 6.31. The smallest absolute Gasteiger partial charge is 0.212 e. The van der Waals surface area contributed by atoms with E-state index in [1.54, 1.807) is 24.3 Å². The minimum Gasteiger partial charge on any atom is -0.398 e. The van der Waals surface area contributed by atoms with Crippen molar-refractivity contribution in [2.45, 2.75) is 0 Å². The van der Waals surface area contributed by atoms with Gasteiger partial charge in [0.2, 0.25) is 5.78 Å². The summed E-state index contributed by atoms with van der Waals surface area (Å²) in [7, 11) is 0. The third-order valence-electron chi connectivity index (χ3n) is 2.00. The molecule has 0 aliphatic rings. The number of hydrogen-bond acceptors (Lipinski definition) is 3. The van der Waals surface area contributed by atoms with Crippen LogP contribution in [0.4, 0.5) is 5.69 Å². The molecule has 0 radical (unpaired) electrons. The van der Waals surface area contributed by atoms with E-state index in [2.05, 4.69) is 10.2 Å². The zero-order valence-corrected chi connectivity index (χ0v) is 8.45.